The molecule has 1 spiro atoms. The average Bonchev–Trinajstić information content (AvgIpc) is 3.17. The van der Waals surface area contributed by atoms with Gasteiger partial charge in [0.05, 0.1) is 13.0 Å². The molecular formula is C27H34Cl2N2O2. The van der Waals surface area contributed by atoms with Crippen LogP contribution in [0.4, 0.5) is 0 Å². The van der Waals surface area contributed by atoms with Crippen LogP contribution in [-0.2, 0) is 17.8 Å². The molecule has 2 saturated heterocycles. The van der Waals surface area contributed by atoms with Crippen LogP contribution in [0.15, 0.2) is 42.5 Å². The van der Waals surface area contributed by atoms with E-state index in [0.29, 0.717) is 27.8 Å². The number of benzene rings is 2. The molecule has 4 rings (SSSR count). The maximum absolute atomic E-state index is 12.9. The molecule has 2 fully saturated rings. The van der Waals surface area contributed by atoms with E-state index in [2.05, 4.69) is 43.0 Å². The van der Waals surface area contributed by atoms with Crippen LogP contribution < -0.4 is 4.74 Å². The molecule has 0 unspecified atom stereocenters. The van der Waals surface area contributed by atoms with E-state index in [1.807, 2.05) is 11.0 Å². The maximum atomic E-state index is 12.9. The number of carbonyl (C=O) groups excluding carboxylic acids is 1. The molecule has 4 nitrogen and oxygen atoms in total. The monoisotopic (exact) mass is 488 g/mol. The van der Waals surface area contributed by atoms with Gasteiger partial charge in [0, 0.05) is 41.8 Å². The van der Waals surface area contributed by atoms with Crippen LogP contribution in [-0.4, -0.2) is 48.5 Å². The molecule has 0 aromatic heterocycles. The van der Waals surface area contributed by atoms with Gasteiger partial charge < -0.3 is 9.64 Å². The highest BCUT2D eigenvalue weighted by Gasteiger charge is 2.41. The van der Waals surface area contributed by atoms with Crippen LogP contribution >= 0.6 is 23.2 Å². The fourth-order valence-electron chi connectivity index (χ4n) is 5.01. The van der Waals surface area contributed by atoms with Crippen LogP contribution in [0.3, 0.4) is 0 Å². The van der Waals surface area contributed by atoms with Gasteiger partial charge in [0.25, 0.3) is 0 Å². The Kier molecular flexibility index (Phi) is 7.88. The van der Waals surface area contributed by atoms with E-state index in [1.165, 1.54) is 12.0 Å². The quantitative estimate of drug-likeness (QED) is 0.472. The molecule has 33 heavy (non-hydrogen) atoms. The molecule has 2 aromatic carbocycles. The molecule has 1 amide bonds. The molecule has 0 radical (unpaired) electrons. The lowest BCUT2D eigenvalue weighted by Crippen LogP contribution is -2.44. The number of likely N-dealkylation sites (tertiary alicyclic amines) is 2. The lowest BCUT2D eigenvalue weighted by Gasteiger charge is -2.39. The number of hydrogen-bond acceptors (Lipinski definition) is 3. The van der Waals surface area contributed by atoms with Crippen molar-refractivity contribution in [2.24, 2.45) is 11.3 Å². The molecular weight excluding hydrogens is 455 g/mol. The number of carbonyl (C=O) groups is 1. The zero-order valence-electron chi connectivity index (χ0n) is 19.7. The van der Waals surface area contributed by atoms with E-state index in [0.717, 1.165) is 63.5 Å². The predicted molar refractivity (Wildman–Crippen MR) is 135 cm³/mol. The van der Waals surface area contributed by atoms with Crippen molar-refractivity contribution in [3.8, 4) is 5.75 Å². The van der Waals surface area contributed by atoms with Crippen LogP contribution in [0.2, 0.25) is 10.0 Å². The minimum atomic E-state index is 0.153. The summed E-state index contributed by atoms with van der Waals surface area (Å²) in [5.41, 5.74) is 2.43. The Hall–Kier alpha value is -1.75. The lowest BCUT2D eigenvalue weighted by atomic mass is 9.77. The third-order valence-electron chi connectivity index (χ3n) is 6.99. The SMILES string of the molecule is CC(C)COc1ccccc1CN1CCC2(CCN(C(=O)Cc3ccc(Cl)cc3Cl)CC2)C1. The second-order valence-corrected chi connectivity index (χ2v) is 10.9. The second-order valence-electron chi connectivity index (χ2n) is 10.1. The second kappa shape index (κ2) is 10.7. The minimum absolute atomic E-state index is 0.153. The smallest absolute Gasteiger partial charge is 0.227 e. The maximum Gasteiger partial charge on any atom is 0.227 e. The van der Waals surface area contributed by atoms with Crippen molar-refractivity contribution < 1.29 is 9.53 Å². The fraction of sp³-hybridized carbons (Fsp3) is 0.519. The van der Waals surface area contributed by atoms with Gasteiger partial charge in [0.1, 0.15) is 5.75 Å². The van der Waals surface area contributed by atoms with Gasteiger partial charge in [-0.3, -0.25) is 9.69 Å². The molecule has 2 aliphatic heterocycles. The highest BCUT2D eigenvalue weighted by atomic mass is 35.5. The number of para-hydroxylation sites is 1. The molecule has 0 bridgehead atoms. The summed E-state index contributed by atoms with van der Waals surface area (Å²) in [6.45, 7) is 9.86. The van der Waals surface area contributed by atoms with E-state index in [4.69, 9.17) is 27.9 Å². The van der Waals surface area contributed by atoms with Crippen molar-refractivity contribution in [3.05, 3.63) is 63.6 Å². The zero-order valence-corrected chi connectivity index (χ0v) is 21.2. The topological polar surface area (TPSA) is 32.8 Å². The van der Waals surface area contributed by atoms with Gasteiger partial charge in [-0.1, -0.05) is 61.3 Å². The van der Waals surface area contributed by atoms with E-state index in [1.54, 1.807) is 12.1 Å². The average molecular weight is 489 g/mol. The largest absolute Gasteiger partial charge is 0.493 e. The summed E-state index contributed by atoms with van der Waals surface area (Å²) in [7, 11) is 0. The number of halogens is 2. The minimum Gasteiger partial charge on any atom is -0.493 e. The van der Waals surface area contributed by atoms with Crippen molar-refractivity contribution >= 4 is 29.1 Å². The molecule has 6 heteroatoms. The van der Waals surface area contributed by atoms with E-state index in [-0.39, 0.29) is 5.91 Å². The Bertz CT molecular complexity index is 970. The van der Waals surface area contributed by atoms with Crippen LogP contribution in [0.1, 0.15) is 44.2 Å². The summed E-state index contributed by atoms with van der Waals surface area (Å²) in [5.74, 6) is 1.67. The third-order valence-corrected chi connectivity index (χ3v) is 7.58. The van der Waals surface area contributed by atoms with Gasteiger partial charge >= 0.3 is 0 Å². The Morgan fingerprint density at radius 2 is 1.76 bits per heavy atom. The summed E-state index contributed by atoms with van der Waals surface area (Å²) in [4.78, 5) is 17.4. The van der Waals surface area contributed by atoms with Gasteiger partial charge in [-0.25, -0.2) is 0 Å². The molecule has 178 valence electrons. The Morgan fingerprint density at radius 3 is 2.48 bits per heavy atom. The number of rotatable bonds is 7. The fourth-order valence-corrected chi connectivity index (χ4v) is 5.49. The van der Waals surface area contributed by atoms with Crippen molar-refractivity contribution in [2.75, 3.05) is 32.8 Å². The van der Waals surface area contributed by atoms with Gasteiger partial charge in [-0.15, -0.1) is 0 Å². The Balaban J connectivity index is 1.30. The Labute approximate surface area is 207 Å². The van der Waals surface area contributed by atoms with Crippen molar-refractivity contribution in [3.63, 3.8) is 0 Å². The first-order chi connectivity index (χ1) is 15.8. The first-order valence-electron chi connectivity index (χ1n) is 12.0. The highest BCUT2D eigenvalue weighted by Crippen LogP contribution is 2.41. The van der Waals surface area contributed by atoms with E-state index < -0.39 is 0 Å². The van der Waals surface area contributed by atoms with Crippen molar-refractivity contribution in [1.82, 2.24) is 9.80 Å². The highest BCUT2D eigenvalue weighted by molar-refractivity contribution is 6.35. The van der Waals surface area contributed by atoms with Crippen LogP contribution in [0.5, 0.6) is 5.75 Å². The molecule has 0 saturated carbocycles. The number of amides is 1. The van der Waals surface area contributed by atoms with Crippen LogP contribution in [0, 0.1) is 11.3 Å². The number of ether oxygens (including phenoxy) is 1. The van der Waals surface area contributed by atoms with Crippen molar-refractivity contribution in [2.45, 2.75) is 46.1 Å². The first kappa shape index (κ1) is 24.4. The standard InChI is InChI=1S/C27H34Cl2N2O2/c1-20(2)18-33-25-6-4-3-5-22(25)17-30-12-9-27(19-30)10-13-31(14-11-27)26(32)15-21-7-8-23(28)16-24(21)29/h3-8,16,20H,9-15,17-19H2,1-2H3. The summed E-state index contributed by atoms with van der Waals surface area (Å²) >= 11 is 12.3. The summed E-state index contributed by atoms with van der Waals surface area (Å²) in [6, 6.07) is 13.8. The van der Waals surface area contributed by atoms with Crippen molar-refractivity contribution in [1.29, 1.82) is 0 Å². The van der Waals surface area contributed by atoms with Crippen LogP contribution in [0.25, 0.3) is 0 Å². The number of nitrogens with zero attached hydrogens (tertiary/aromatic N) is 2. The third kappa shape index (κ3) is 6.23. The molecule has 2 aliphatic rings. The Morgan fingerprint density at radius 1 is 1.03 bits per heavy atom. The molecule has 0 N–H and O–H groups in total. The number of piperidine rings is 1. The van der Waals surface area contributed by atoms with Gasteiger partial charge in [-0.2, -0.15) is 0 Å². The summed E-state index contributed by atoms with van der Waals surface area (Å²) in [5, 5.41) is 1.16. The predicted octanol–water partition coefficient (Wildman–Crippen LogP) is 6.09. The first-order valence-corrected chi connectivity index (χ1v) is 12.7. The molecule has 0 aliphatic carbocycles. The number of hydrogen-bond donors (Lipinski definition) is 0. The van der Waals surface area contributed by atoms with Gasteiger partial charge in [0.15, 0.2) is 0 Å². The normalized spacial score (nSPS) is 18.3. The summed E-state index contributed by atoms with van der Waals surface area (Å²) < 4.78 is 6.06. The van der Waals surface area contributed by atoms with Gasteiger partial charge in [0.2, 0.25) is 5.91 Å². The molecule has 2 aromatic rings. The van der Waals surface area contributed by atoms with E-state index >= 15 is 0 Å². The zero-order chi connectivity index (χ0) is 23.4. The summed E-state index contributed by atoms with van der Waals surface area (Å²) in [6.07, 6.45) is 3.67. The molecule has 2 heterocycles. The van der Waals surface area contributed by atoms with E-state index in [9.17, 15) is 4.79 Å². The van der Waals surface area contributed by atoms with Gasteiger partial charge in [-0.05, 0) is 60.9 Å². The lowest BCUT2D eigenvalue weighted by molar-refractivity contribution is -0.132. The molecule has 0 atom stereocenters.